The highest BCUT2D eigenvalue weighted by Crippen LogP contribution is 2.37. The molecule has 3 rings (SSSR count). The number of methoxy groups -OCH3 is 1. The van der Waals surface area contributed by atoms with Crippen LogP contribution in [0.4, 0.5) is 11.6 Å². The van der Waals surface area contributed by atoms with Crippen LogP contribution in [0.2, 0.25) is 0 Å². The summed E-state index contributed by atoms with van der Waals surface area (Å²) >= 11 is 0. The van der Waals surface area contributed by atoms with Gasteiger partial charge in [-0.2, -0.15) is 0 Å². The quantitative estimate of drug-likeness (QED) is 0.337. The first-order valence-electron chi connectivity index (χ1n) is 12.5. The van der Waals surface area contributed by atoms with Crippen LogP contribution < -0.4 is 25.4 Å². The molecule has 1 aromatic carbocycles. The number of carbonyl (C=O) groups excluding carboxylic acids is 1. The number of benzene rings is 1. The van der Waals surface area contributed by atoms with Gasteiger partial charge in [-0.25, -0.2) is 13.4 Å². The van der Waals surface area contributed by atoms with Crippen LogP contribution in [0.15, 0.2) is 42.5 Å². The molecule has 4 N–H and O–H groups in total. The van der Waals surface area contributed by atoms with Gasteiger partial charge in [0.15, 0.2) is 0 Å². The summed E-state index contributed by atoms with van der Waals surface area (Å²) in [6.07, 6.45) is 1.13. The summed E-state index contributed by atoms with van der Waals surface area (Å²) in [7, 11) is -0.666. The van der Waals surface area contributed by atoms with Gasteiger partial charge in [0.25, 0.3) is 5.91 Å². The first kappa shape index (κ1) is 28.7. The third-order valence-corrected chi connectivity index (χ3v) is 8.70. The molecule has 1 aliphatic rings. The highest BCUT2D eigenvalue weighted by atomic mass is 32.2. The summed E-state index contributed by atoms with van der Waals surface area (Å²) in [4.78, 5) is 17.9. The van der Waals surface area contributed by atoms with E-state index < -0.39 is 33.3 Å². The Morgan fingerprint density at radius 2 is 1.89 bits per heavy atom. The van der Waals surface area contributed by atoms with E-state index in [1.165, 1.54) is 20.2 Å². The van der Waals surface area contributed by atoms with Crippen LogP contribution in [0.5, 0.6) is 5.75 Å². The monoisotopic (exact) mass is 533 g/mol. The molecule has 0 saturated heterocycles. The maximum Gasteiger partial charge on any atom is 0.251 e. The summed E-state index contributed by atoms with van der Waals surface area (Å²) < 4.78 is 37.8. The van der Waals surface area contributed by atoms with Gasteiger partial charge in [0.1, 0.15) is 24.0 Å². The molecule has 1 heterocycles. The van der Waals surface area contributed by atoms with Gasteiger partial charge in [0, 0.05) is 26.3 Å². The second-order valence-electron chi connectivity index (χ2n) is 9.84. The Morgan fingerprint density at radius 3 is 2.49 bits per heavy atom. The number of nitrogens with zero attached hydrogens (tertiary/aromatic N) is 2. The van der Waals surface area contributed by atoms with Crippen LogP contribution in [-0.2, 0) is 14.8 Å². The number of nitrogens with one attached hydrogen (secondary N) is 2. The fourth-order valence-electron chi connectivity index (χ4n) is 3.80. The number of sulfonamides is 1. The van der Waals surface area contributed by atoms with Gasteiger partial charge in [-0.15, -0.1) is 0 Å². The van der Waals surface area contributed by atoms with E-state index in [2.05, 4.69) is 22.5 Å². The van der Waals surface area contributed by atoms with Crippen LogP contribution >= 0.6 is 0 Å². The van der Waals surface area contributed by atoms with E-state index in [9.17, 15) is 13.2 Å². The maximum atomic E-state index is 13.4. The molecule has 0 spiro atoms. The Balaban J connectivity index is 1.84. The molecule has 0 aliphatic heterocycles. The average Bonchev–Trinajstić information content (AvgIpc) is 3.59. The predicted octanol–water partition coefficient (Wildman–Crippen LogP) is 2.48. The van der Waals surface area contributed by atoms with E-state index in [0.29, 0.717) is 29.9 Å². The standard InChI is InChI=1S/C26H39N5O5S/c1-17(2)37(33,34)31(4)25-13-19(12-24(30-25)28-14-20-11-18(20)3)26(32)29-23(22(27)15-35-5)16-36-21-9-7-6-8-10-21/h6-10,12-13,17-18,20,22-23H,11,14-16,27H2,1-5H3,(H,28,30)(H,29,32). The summed E-state index contributed by atoms with van der Waals surface area (Å²) in [5, 5.41) is 5.56. The van der Waals surface area contributed by atoms with Crippen molar-refractivity contribution in [1.82, 2.24) is 10.3 Å². The Kier molecular flexibility index (Phi) is 9.74. The van der Waals surface area contributed by atoms with Crippen LogP contribution in [0.25, 0.3) is 0 Å². The SMILES string of the molecule is COCC(N)C(COc1ccccc1)NC(=O)c1cc(NCC2CC2C)nc(N(C)S(=O)(=O)C(C)C)c1. The molecule has 0 bridgehead atoms. The smallest absolute Gasteiger partial charge is 0.251 e. The van der Waals surface area contributed by atoms with Crippen molar-refractivity contribution in [1.29, 1.82) is 0 Å². The van der Waals surface area contributed by atoms with Gasteiger partial charge in [-0.1, -0.05) is 25.1 Å². The van der Waals surface area contributed by atoms with E-state index in [-0.39, 0.29) is 24.6 Å². The highest BCUT2D eigenvalue weighted by molar-refractivity contribution is 7.93. The summed E-state index contributed by atoms with van der Waals surface area (Å²) in [5.41, 5.74) is 6.55. The summed E-state index contributed by atoms with van der Waals surface area (Å²) in [6.45, 7) is 6.43. The van der Waals surface area contributed by atoms with Crippen molar-refractivity contribution in [2.45, 2.75) is 44.5 Å². The molecule has 1 saturated carbocycles. The number of hydrogen-bond acceptors (Lipinski definition) is 8. The molecule has 1 fully saturated rings. The van der Waals surface area contributed by atoms with Crippen LogP contribution in [-0.4, -0.2) is 70.6 Å². The number of aromatic nitrogens is 1. The Bertz CT molecular complexity index is 1150. The van der Waals surface area contributed by atoms with Crippen molar-refractivity contribution >= 4 is 27.6 Å². The first-order valence-corrected chi connectivity index (χ1v) is 14.0. The molecule has 204 valence electrons. The van der Waals surface area contributed by atoms with Gasteiger partial charge in [-0.3, -0.25) is 9.10 Å². The van der Waals surface area contributed by atoms with E-state index in [4.69, 9.17) is 15.2 Å². The van der Waals surface area contributed by atoms with Gasteiger partial charge < -0.3 is 25.8 Å². The zero-order valence-electron chi connectivity index (χ0n) is 22.2. The van der Waals surface area contributed by atoms with Crippen LogP contribution in [0, 0.1) is 11.8 Å². The molecule has 37 heavy (non-hydrogen) atoms. The minimum absolute atomic E-state index is 0.129. The van der Waals surface area contributed by atoms with Crippen molar-refractivity contribution < 1.29 is 22.7 Å². The zero-order chi connectivity index (χ0) is 27.2. The van der Waals surface area contributed by atoms with Crippen LogP contribution in [0.1, 0.15) is 37.6 Å². The van der Waals surface area contributed by atoms with Gasteiger partial charge in [0.2, 0.25) is 10.0 Å². The maximum absolute atomic E-state index is 13.4. The third kappa shape index (κ3) is 7.80. The highest BCUT2D eigenvalue weighted by Gasteiger charge is 2.32. The number of anilines is 2. The Hall–Kier alpha value is -2.89. The number of para-hydroxylation sites is 1. The Morgan fingerprint density at radius 1 is 1.22 bits per heavy atom. The number of pyridine rings is 1. The molecule has 0 radical (unpaired) electrons. The van der Waals surface area contributed by atoms with Crippen molar-refractivity contribution in [3.05, 3.63) is 48.0 Å². The topological polar surface area (TPSA) is 136 Å². The van der Waals surface area contributed by atoms with E-state index >= 15 is 0 Å². The molecular formula is C26H39N5O5S. The largest absolute Gasteiger partial charge is 0.491 e. The van der Waals surface area contributed by atoms with Gasteiger partial charge in [-0.05, 0) is 56.4 Å². The molecule has 2 aromatic rings. The van der Waals surface area contributed by atoms with E-state index in [0.717, 1.165) is 10.7 Å². The number of nitrogens with two attached hydrogens (primary N) is 1. The predicted molar refractivity (Wildman–Crippen MR) is 145 cm³/mol. The summed E-state index contributed by atoms with van der Waals surface area (Å²) in [5.74, 6) is 1.99. The number of carbonyl (C=O) groups is 1. The first-order chi connectivity index (χ1) is 17.5. The summed E-state index contributed by atoms with van der Waals surface area (Å²) in [6, 6.07) is 11.2. The fourth-order valence-corrected chi connectivity index (χ4v) is 4.79. The number of rotatable bonds is 14. The third-order valence-electron chi connectivity index (χ3n) is 6.56. The fraction of sp³-hybridized carbons (Fsp3) is 0.538. The lowest BCUT2D eigenvalue weighted by molar-refractivity contribution is 0.0883. The molecule has 1 aliphatic carbocycles. The number of hydrogen-bond donors (Lipinski definition) is 3. The Labute approximate surface area is 220 Å². The molecule has 11 heteroatoms. The second-order valence-corrected chi connectivity index (χ2v) is 12.4. The molecule has 4 unspecified atom stereocenters. The van der Waals surface area contributed by atoms with Crippen LogP contribution in [0.3, 0.4) is 0 Å². The number of ether oxygens (including phenoxy) is 2. The van der Waals surface area contributed by atoms with Gasteiger partial charge in [0.05, 0.1) is 23.9 Å². The van der Waals surface area contributed by atoms with Crippen molar-refractivity contribution in [3.8, 4) is 5.75 Å². The minimum atomic E-state index is -3.65. The molecule has 1 aromatic heterocycles. The minimum Gasteiger partial charge on any atom is -0.491 e. The lowest BCUT2D eigenvalue weighted by Gasteiger charge is -2.25. The molecule has 10 nitrogen and oxygen atoms in total. The lowest BCUT2D eigenvalue weighted by atomic mass is 10.1. The van der Waals surface area contributed by atoms with Crippen molar-refractivity contribution in [3.63, 3.8) is 0 Å². The van der Waals surface area contributed by atoms with Crippen molar-refractivity contribution in [2.24, 2.45) is 17.6 Å². The zero-order valence-corrected chi connectivity index (χ0v) is 23.0. The lowest BCUT2D eigenvalue weighted by Crippen LogP contribution is -2.53. The van der Waals surface area contributed by atoms with Gasteiger partial charge >= 0.3 is 0 Å². The average molecular weight is 534 g/mol. The van der Waals surface area contributed by atoms with E-state index in [1.807, 2.05) is 30.3 Å². The number of amides is 1. The molecular weight excluding hydrogens is 494 g/mol. The second kappa shape index (κ2) is 12.6. The molecule has 1 amide bonds. The van der Waals surface area contributed by atoms with E-state index in [1.54, 1.807) is 19.9 Å². The molecule has 4 atom stereocenters. The van der Waals surface area contributed by atoms with Crippen molar-refractivity contribution in [2.75, 3.05) is 43.5 Å². The normalized spacial score (nSPS) is 18.7.